The number of Topliss-reactive ketones (excluding diaryl/α,β-unsaturated/α-hetero) is 1. The Bertz CT molecular complexity index is 522. The quantitative estimate of drug-likeness (QED) is 0.493. The monoisotopic (exact) mass is 275 g/mol. The molecule has 0 atom stereocenters. The maximum Gasteiger partial charge on any atom is 0.163 e. The molecule has 2 rings (SSSR count). The molecule has 2 N–H and O–H groups in total. The highest BCUT2D eigenvalue weighted by Gasteiger charge is 2.12. The van der Waals surface area contributed by atoms with E-state index in [0.717, 1.165) is 32.5 Å². The Labute approximate surface area is 119 Å². The van der Waals surface area contributed by atoms with Gasteiger partial charge in [-0.1, -0.05) is 11.6 Å². The van der Waals surface area contributed by atoms with Gasteiger partial charge in [-0.25, -0.2) is 0 Å². The van der Waals surface area contributed by atoms with Gasteiger partial charge in [-0.2, -0.15) is 0 Å². The second-order valence-electron chi connectivity index (χ2n) is 5.33. The fourth-order valence-corrected chi connectivity index (χ4v) is 2.32. The van der Waals surface area contributed by atoms with Crippen molar-refractivity contribution in [2.45, 2.75) is 26.2 Å². The third-order valence-electron chi connectivity index (χ3n) is 3.70. The molecule has 1 heterocycles. The smallest absolute Gasteiger partial charge is 0.163 e. The van der Waals surface area contributed by atoms with E-state index >= 15 is 0 Å². The Balaban J connectivity index is 1.79. The lowest BCUT2D eigenvalue weighted by atomic mass is 10.1. The first kappa shape index (κ1) is 14.6. The van der Waals surface area contributed by atoms with E-state index in [-0.39, 0.29) is 17.3 Å². The molecule has 1 aromatic carbocycles. The first-order chi connectivity index (χ1) is 9.56. The van der Waals surface area contributed by atoms with Gasteiger partial charge in [0, 0.05) is 25.1 Å². The number of aromatic hydroxyl groups is 2. The van der Waals surface area contributed by atoms with Crippen molar-refractivity contribution in [1.29, 1.82) is 0 Å². The summed E-state index contributed by atoms with van der Waals surface area (Å²) >= 11 is 0. The van der Waals surface area contributed by atoms with Gasteiger partial charge in [0.15, 0.2) is 17.3 Å². The molecule has 0 unspecified atom stereocenters. The third-order valence-corrected chi connectivity index (χ3v) is 3.70. The summed E-state index contributed by atoms with van der Waals surface area (Å²) in [5, 5.41) is 18.6. The van der Waals surface area contributed by atoms with Crippen LogP contribution in [0.4, 0.5) is 0 Å². The molecule has 0 fully saturated rings. The first-order valence-electron chi connectivity index (χ1n) is 6.99. The van der Waals surface area contributed by atoms with Crippen LogP contribution in [0.5, 0.6) is 11.5 Å². The summed E-state index contributed by atoms with van der Waals surface area (Å²) in [6.45, 7) is 5.11. The minimum atomic E-state index is -0.243. The minimum Gasteiger partial charge on any atom is -0.504 e. The second-order valence-corrected chi connectivity index (χ2v) is 5.33. The Kier molecular flexibility index (Phi) is 4.79. The Morgan fingerprint density at radius 1 is 1.30 bits per heavy atom. The highest BCUT2D eigenvalue weighted by Crippen LogP contribution is 2.25. The van der Waals surface area contributed by atoms with E-state index in [1.165, 1.54) is 17.7 Å². The molecule has 4 heteroatoms. The zero-order chi connectivity index (χ0) is 14.5. The fourth-order valence-electron chi connectivity index (χ4n) is 2.32. The van der Waals surface area contributed by atoms with E-state index in [1.807, 2.05) is 0 Å². The molecular weight excluding hydrogens is 254 g/mol. The van der Waals surface area contributed by atoms with Crippen molar-refractivity contribution in [1.82, 2.24) is 4.90 Å². The molecule has 0 spiro atoms. The van der Waals surface area contributed by atoms with E-state index in [1.54, 1.807) is 6.07 Å². The van der Waals surface area contributed by atoms with Crippen molar-refractivity contribution in [2.24, 2.45) is 0 Å². The lowest BCUT2D eigenvalue weighted by Crippen LogP contribution is -2.29. The summed E-state index contributed by atoms with van der Waals surface area (Å²) in [7, 11) is 0. The van der Waals surface area contributed by atoms with Gasteiger partial charge in [-0.15, -0.1) is 0 Å². The Hall–Kier alpha value is -1.81. The van der Waals surface area contributed by atoms with Crippen LogP contribution in [0.3, 0.4) is 0 Å². The van der Waals surface area contributed by atoms with Crippen LogP contribution in [0.1, 0.15) is 36.5 Å². The molecule has 1 aliphatic rings. The molecule has 0 radical (unpaired) electrons. The summed E-state index contributed by atoms with van der Waals surface area (Å²) < 4.78 is 0. The first-order valence-corrected chi connectivity index (χ1v) is 6.99. The van der Waals surface area contributed by atoms with Crippen LogP contribution in [-0.4, -0.2) is 40.5 Å². The summed E-state index contributed by atoms with van der Waals surface area (Å²) in [5.41, 5.74) is 1.89. The maximum absolute atomic E-state index is 12.0. The number of benzene rings is 1. The number of carbonyl (C=O) groups is 1. The van der Waals surface area contributed by atoms with Gasteiger partial charge in [0.25, 0.3) is 0 Å². The highest BCUT2D eigenvalue weighted by atomic mass is 16.3. The van der Waals surface area contributed by atoms with E-state index in [2.05, 4.69) is 17.9 Å². The standard InChI is InChI=1S/C16H21NO3/c1-12-6-9-17(10-7-12)8-2-3-14(18)13-4-5-15(19)16(20)11-13/h4-6,11,19-20H,2-3,7-10H2,1H3. The van der Waals surface area contributed by atoms with Gasteiger partial charge in [-0.3, -0.25) is 9.69 Å². The number of phenolic OH excluding ortho intramolecular Hbond substituents is 2. The molecule has 0 saturated heterocycles. The molecule has 0 bridgehead atoms. The number of ketones is 1. The van der Waals surface area contributed by atoms with Gasteiger partial charge >= 0.3 is 0 Å². The predicted molar refractivity (Wildman–Crippen MR) is 78.2 cm³/mol. The summed E-state index contributed by atoms with van der Waals surface area (Å²) in [4.78, 5) is 14.3. The number of phenols is 2. The predicted octanol–water partition coefficient (Wildman–Crippen LogP) is 2.71. The highest BCUT2D eigenvalue weighted by molar-refractivity contribution is 5.96. The van der Waals surface area contributed by atoms with E-state index in [9.17, 15) is 15.0 Å². The number of hydrogen-bond acceptors (Lipinski definition) is 4. The minimum absolute atomic E-state index is 0.00373. The van der Waals surface area contributed by atoms with Crippen molar-refractivity contribution in [3.05, 3.63) is 35.4 Å². The van der Waals surface area contributed by atoms with Crippen LogP contribution in [0, 0.1) is 0 Å². The van der Waals surface area contributed by atoms with Crippen LogP contribution in [0.2, 0.25) is 0 Å². The Morgan fingerprint density at radius 3 is 2.75 bits per heavy atom. The van der Waals surface area contributed by atoms with E-state index in [4.69, 9.17) is 0 Å². The molecule has 0 amide bonds. The van der Waals surface area contributed by atoms with Crippen LogP contribution in [0.25, 0.3) is 0 Å². The molecule has 4 nitrogen and oxygen atoms in total. The van der Waals surface area contributed by atoms with E-state index in [0.29, 0.717) is 12.0 Å². The number of nitrogens with zero attached hydrogens (tertiary/aromatic N) is 1. The molecule has 1 aliphatic heterocycles. The van der Waals surface area contributed by atoms with Crippen LogP contribution < -0.4 is 0 Å². The molecular formula is C16H21NO3. The average molecular weight is 275 g/mol. The van der Waals surface area contributed by atoms with Crippen molar-refractivity contribution in [3.63, 3.8) is 0 Å². The average Bonchev–Trinajstić information content (AvgIpc) is 2.44. The molecule has 0 saturated carbocycles. The molecule has 108 valence electrons. The SMILES string of the molecule is CC1=CCN(CCCC(=O)c2ccc(O)c(O)c2)CC1. The summed E-state index contributed by atoms with van der Waals surface area (Å²) in [6, 6.07) is 4.22. The van der Waals surface area contributed by atoms with Crippen molar-refractivity contribution < 1.29 is 15.0 Å². The lowest BCUT2D eigenvalue weighted by molar-refractivity contribution is 0.0974. The van der Waals surface area contributed by atoms with Gasteiger partial charge < -0.3 is 10.2 Å². The summed E-state index contributed by atoms with van der Waals surface area (Å²) in [5.74, 6) is -0.437. The second kappa shape index (κ2) is 6.57. The third kappa shape index (κ3) is 3.84. The number of rotatable bonds is 5. The van der Waals surface area contributed by atoms with Gasteiger partial charge in [-0.05, 0) is 44.5 Å². The molecule has 1 aromatic rings. The largest absolute Gasteiger partial charge is 0.504 e. The lowest BCUT2D eigenvalue weighted by Gasteiger charge is -2.24. The van der Waals surface area contributed by atoms with Crippen LogP contribution in [-0.2, 0) is 0 Å². The van der Waals surface area contributed by atoms with E-state index < -0.39 is 0 Å². The normalized spacial score (nSPS) is 15.9. The molecule has 20 heavy (non-hydrogen) atoms. The van der Waals surface area contributed by atoms with Crippen LogP contribution in [0.15, 0.2) is 29.8 Å². The molecule has 0 aromatic heterocycles. The summed E-state index contributed by atoms with van der Waals surface area (Å²) in [6.07, 6.45) is 4.62. The number of carbonyl (C=O) groups excluding carboxylic acids is 1. The number of hydrogen-bond donors (Lipinski definition) is 2. The maximum atomic E-state index is 12.0. The van der Waals surface area contributed by atoms with Gasteiger partial charge in [0.1, 0.15) is 0 Å². The van der Waals surface area contributed by atoms with Gasteiger partial charge in [0.2, 0.25) is 0 Å². The fraction of sp³-hybridized carbons (Fsp3) is 0.438. The van der Waals surface area contributed by atoms with Crippen molar-refractivity contribution in [3.8, 4) is 11.5 Å². The van der Waals surface area contributed by atoms with Crippen LogP contribution >= 0.6 is 0 Å². The van der Waals surface area contributed by atoms with Gasteiger partial charge in [0.05, 0.1) is 0 Å². The topological polar surface area (TPSA) is 60.8 Å². The molecule has 0 aliphatic carbocycles. The zero-order valence-corrected chi connectivity index (χ0v) is 11.8. The Morgan fingerprint density at radius 2 is 2.10 bits per heavy atom. The zero-order valence-electron chi connectivity index (χ0n) is 11.8. The van der Waals surface area contributed by atoms with Crippen molar-refractivity contribution >= 4 is 5.78 Å². The van der Waals surface area contributed by atoms with Crippen molar-refractivity contribution in [2.75, 3.05) is 19.6 Å².